The van der Waals surface area contributed by atoms with E-state index in [1.165, 1.54) is 17.0 Å². The van der Waals surface area contributed by atoms with Crippen LogP contribution in [0, 0.1) is 5.92 Å². The zero-order valence-electron chi connectivity index (χ0n) is 14.7. The van der Waals surface area contributed by atoms with Gasteiger partial charge >= 0.3 is 5.97 Å². The molecule has 0 bridgehead atoms. The van der Waals surface area contributed by atoms with E-state index in [0.717, 1.165) is 0 Å². The average molecular weight is 381 g/mol. The Morgan fingerprint density at radius 2 is 1.54 bits per heavy atom. The molecule has 0 saturated heterocycles. The Balaban J connectivity index is 2.08. The highest BCUT2D eigenvalue weighted by Crippen LogP contribution is 2.49. The van der Waals surface area contributed by atoms with Crippen LogP contribution < -0.4 is 4.90 Å². The molecule has 0 amide bonds. The number of hydrogen-bond donors (Lipinski definition) is 3. The second-order valence-corrected chi connectivity index (χ2v) is 6.67. The summed E-state index contributed by atoms with van der Waals surface area (Å²) in [6.45, 7) is 1.67. The van der Waals surface area contributed by atoms with Crippen LogP contribution in [0.5, 0.6) is 11.5 Å². The Labute approximate surface area is 158 Å². The summed E-state index contributed by atoms with van der Waals surface area (Å²) in [7, 11) is 0. The number of nitrogens with zero attached hydrogens (tertiary/aromatic N) is 1. The van der Waals surface area contributed by atoms with Crippen LogP contribution in [0.2, 0.25) is 0 Å². The maximum atomic E-state index is 12.9. The first kappa shape index (κ1) is 17.7. The van der Waals surface area contributed by atoms with E-state index in [0.29, 0.717) is 0 Å². The van der Waals surface area contributed by atoms with Gasteiger partial charge in [-0.05, 0) is 6.92 Å². The van der Waals surface area contributed by atoms with Crippen LogP contribution in [-0.4, -0.2) is 51.7 Å². The number of carbonyl (C=O) groups excluding carboxylic acids is 3. The van der Waals surface area contributed by atoms with Crippen molar-refractivity contribution in [3.05, 3.63) is 52.1 Å². The highest BCUT2D eigenvalue weighted by Gasteiger charge is 2.45. The zero-order chi connectivity index (χ0) is 20.3. The molecule has 1 unspecified atom stereocenters. The van der Waals surface area contributed by atoms with E-state index in [1.807, 2.05) is 0 Å². The number of hydrogen-bond acceptors (Lipinski definition) is 7. The zero-order valence-corrected chi connectivity index (χ0v) is 14.7. The van der Waals surface area contributed by atoms with Crippen molar-refractivity contribution in [3.8, 4) is 11.5 Å². The molecule has 1 heterocycles. The Morgan fingerprint density at radius 3 is 2.04 bits per heavy atom. The molecule has 2 aromatic rings. The van der Waals surface area contributed by atoms with Crippen molar-refractivity contribution in [1.29, 1.82) is 0 Å². The van der Waals surface area contributed by atoms with Crippen LogP contribution >= 0.6 is 0 Å². The summed E-state index contributed by atoms with van der Waals surface area (Å²) in [5.74, 6) is -6.49. The van der Waals surface area contributed by atoms with Gasteiger partial charge in [-0.15, -0.1) is 0 Å². The topological polar surface area (TPSA) is 132 Å². The predicted octanol–water partition coefficient (Wildman–Crippen LogP) is 1.60. The lowest BCUT2D eigenvalue weighted by Gasteiger charge is -2.35. The normalized spacial score (nSPS) is 17.8. The van der Waals surface area contributed by atoms with Gasteiger partial charge in [-0.3, -0.25) is 19.2 Å². The van der Waals surface area contributed by atoms with Gasteiger partial charge in [-0.1, -0.05) is 24.3 Å². The molecule has 4 rings (SSSR count). The lowest BCUT2D eigenvalue weighted by Crippen LogP contribution is -2.43. The first-order chi connectivity index (χ1) is 13.3. The lowest BCUT2D eigenvalue weighted by molar-refractivity contribution is -0.139. The van der Waals surface area contributed by atoms with Gasteiger partial charge in [-0.25, -0.2) is 0 Å². The fourth-order valence-corrected chi connectivity index (χ4v) is 3.89. The van der Waals surface area contributed by atoms with Gasteiger partial charge in [0.15, 0.2) is 23.1 Å². The van der Waals surface area contributed by atoms with E-state index in [4.69, 9.17) is 0 Å². The summed E-state index contributed by atoms with van der Waals surface area (Å²) in [6, 6.07) is 5.98. The van der Waals surface area contributed by atoms with E-state index in [1.54, 1.807) is 19.1 Å². The molecular weight excluding hydrogens is 366 g/mol. The maximum Gasteiger partial charge on any atom is 0.316 e. The molecule has 1 aliphatic carbocycles. The summed E-state index contributed by atoms with van der Waals surface area (Å²) in [5.41, 5.74) is -1.29. The van der Waals surface area contributed by atoms with E-state index in [9.17, 15) is 34.5 Å². The fourth-order valence-electron chi connectivity index (χ4n) is 3.89. The number of carboxylic acids is 1. The molecule has 1 atom stereocenters. The molecule has 2 aliphatic rings. The Bertz CT molecular complexity index is 1100. The minimum Gasteiger partial charge on any atom is -0.506 e. The van der Waals surface area contributed by atoms with Gasteiger partial charge in [0.05, 0.1) is 22.4 Å². The summed E-state index contributed by atoms with van der Waals surface area (Å²) in [5, 5.41) is 31.0. The van der Waals surface area contributed by atoms with E-state index < -0.39 is 51.9 Å². The number of fused-ring (bicyclic) bond motifs is 3. The third kappa shape index (κ3) is 2.11. The standard InChI is InChI=1S/C20H15NO7/c1-2-21-7-10(20(27)28)17(24)13-14(21)19(26)12-11(18(13)25)15(22)8-5-3-4-6-9(8)16(12)23/h3-6,10,25-26H,2,7H2,1H3,(H,27,28). The molecule has 0 fully saturated rings. The molecule has 0 saturated carbocycles. The number of anilines is 1. The van der Waals surface area contributed by atoms with Gasteiger partial charge in [0, 0.05) is 24.2 Å². The van der Waals surface area contributed by atoms with Crippen molar-refractivity contribution >= 4 is 29.0 Å². The van der Waals surface area contributed by atoms with Crippen molar-refractivity contribution in [1.82, 2.24) is 0 Å². The molecule has 3 N–H and O–H groups in total. The van der Waals surface area contributed by atoms with Gasteiger partial charge in [0.25, 0.3) is 0 Å². The average Bonchev–Trinajstić information content (AvgIpc) is 2.68. The highest BCUT2D eigenvalue weighted by atomic mass is 16.4. The summed E-state index contributed by atoms with van der Waals surface area (Å²) in [4.78, 5) is 51.5. The fraction of sp³-hybridized carbons (Fsp3) is 0.200. The van der Waals surface area contributed by atoms with E-state index >= 15 is 0 Å². The van der Waals surface area contributed by atoms with Crippen LogP contribution in [0.15, 0.2) is 24.3 Å². The second kappa shape index (κ2) is 5.91. The van der Waals surface area contributed by atoms with Crippen molar-refractivity contribution in [2.24, 2.45) is 5.92 Å². The molecule has 0 radical (unpaired) electrons. The molecule has 0 aromatic heterocycles. The molecular formula is C20H15NO7. The first-order valence-electron chi connectivity index (χ1n) is 8.61. The molecule has 8 nitrogen and oxygen atoms in total. The molecule has 0 spiro atoms. The van der Waals surface area contributed by atoms with Crippen molar-refractivity contribution in [3.63, 3.8) is 0 Å². The number of aromatic hydroxyl groups is 2. The minimum absolute atomic E-state index is 0.0417. The molecule has 142 valence electrons. The molecule has 28 heavy (non-hydrogen) atoms. The Hall–Kier alpha value is -3.68. The summed E-state index contributed by atoms with van der Waals surface area (Å²) in [6.07, 6.45) is 0. The number of carboxylic acid groups (broad SMARTS) is 1. The SMILES string of the molecule is CCN1CC(C(=O)O)C(=O)c2c(O)c3c(c(O)c21)C(=O)c1ccccc1C3=O. The quantitative estimate of drug-likeness (QED) is 0.450. The Kier molecular flexibility index (Phi) is 3.74. The second-order valence-electron chi connectivity index (χ2n) is 6.67. The molecule has 2 aromatic carbocycles. The number of ketones is 3. The Morgan fingerprint density at radius 1 is 1.00 bits per heavy atom. The van der Waals surface area contributed by atoms with Gasteiger partial charge in [-0.2, -0.15) is 0 Å². The molecule has 1 aliphatic heterocycles. The van der Waals surface area contributed by atoms with Crippen molar-refractivity contribution in [2.45, 2.75) is 6.92 Å². The number of phenols is 2. The van der Waals surface area contributed by atoms with Crippen LogP contribution in [0.4, 0.5) is 5.69 Å². The van der Waals surface area contributed by atoms with Gasteiger partial charge < -0.3 is 20.2 Å². The number of aliphatic carboxylic acids is 1. The van der Waals surface area contributed by atoms with E-state index in [-0.39, 0.29) is 35.5 Å². The number of rotatable bonds is 2. The summed E-state index contributed by atoms with van der Waals surface area (Å²) >= 11 is 0. The van der Waals surface area contributed by atoms with Gasteiger partial charge in [0.1, 0.15) is 11.7 Å². The highest BCUT2D eigenvalue weighted by molar-refractivity contribution is 6.32. The number of Topliss-reactive ketones (excluding diaryl/α,β-unsaturated/α-hetero) is 1. The molecule has 8 heteroatoms. The third-order valence-corrected chi connectivity index (χ3v) is 5.25. The van der Waals surface area contributed by atoms with Crippen molar-refractivity contribution in [2.75, 3.05) is 18.0 Å². The van der Waals surface area contributed by atoms with Crippen LogP contribution in [0.25, 0.3) is 0 Å². The first-order valence-corrected chi connectivity index (χ1v) is 8.61. The number of carbonyl (C=O) groups is 4. The third-order valence-electron chi connectivity index (χ3n) is 5.25. The predicted molar refractivity (Wildman–Crippen MR) is 96.4 cm³/mol. The van der Waals surface area contributed by atoms with Crippen LogP contribution in [0.3, 0.4) is 0 Å². The minimum atomic E-state index is -1.46. The van der Waals surface area contributed by atoms with Crippen LogP contribution in [-0.2, 0) is 4.79 Å². The largest absolute Gasteiger partial charge is 0.506 e. The lowest BCUT2D eigenvalue weighted by atomic mass is 9.78. The summed E-state index contributed by atoms with van der Waals surface area (Å²) < 4.78 is 0. The smallest absolute Gasteiger partial charge is 0.316 e. The van der Waals surface area contributed by atoms with Crippen LogP contribution in [0.1, 0.15) is 49.1 Å². The van der Waals surface area contributed by atoms with Crippen molar-refractivity contribution < 1.29 is 34.5 Å². The monoisotopic (exact) mass is 381 g/mol. The maximum absolute atomic E-state index is 12.9. The van der Waals surface area contributed by atoms with E-state index in [2.05, 4.69) is 0 Å². The van der Waals surface area contributed by atoms with Gasteiger partial charge in [0.2, 0.25) is 0 Å². The number of phenolic OH excluding ortho intramolecular Hbond substituents is 2. The number of benzene rings is 2.